The van der Waals surface area contributed by atoms with E-state index < -0.39 is 21.6 Å². The van der Waals surface area contributed by atoms with Crippen molar-refractivity contribution in [3.63, 3.8) is 0 Å². The molecule has 0 fully saturated rings. The first-order chi connectivity index (χ1) is 15.4. The molecule has 0 aliphatic carbocycles. The van der Waals surface area contributed by atoms with Gasteiger partial charge in [-0.05, 0) is 36.8 Å². The monoisotopic (exact) mass is 446 g/mol. The van der Waals surface area contributed by atoms with Gasteiger partial charge in [-0.15, -0.1) is 4.40 Å². The van der Waals surface area contributed by atoms with E-state index >= 15 is 0 Å². The van der Waals surface area contributed by atoms with E-state index in [0.29, 0.717) is 5.39 Å². The van der Waals surface area contributed by atoms with Crippen LogP contribution in [0.1, 0.15) is 24.1 Å². The van der Waals surface area contributed by atoms with Crippen molar-refractivity contribution in [2.75, 3.05) is 5.32 Å². The highest BCUT2D eigenvalue weighted by Crippen LogP contribution is 2.33. The molecule has 2 N–H and O–H groups in total. The van der Waals surface area contributed by atoms with Crippen molar-refractivity contribution < 1.29 is 13.5 Å². The lowest BCUT2D eigenvalue weighted by Gasteiger charge is -2.22. The van der Waals surface area contributed by atoms with Crippen molar-refractivity contribution in [3.05, 3.63) is 94.4 Å². The summed E-state index contributed by atoms with van der Waals surface area (Å²) < 4.78 is 30.8. The lowest BCUT2D eigenvalue weighted by molar-refractivity contribution is 0.476. The molecule has 3 heterocycles. The fourth-order valence-electron chi connectivity index (χ4n) is 3.90. The van der Waals surface area contributed by atoms with Crippen LogP contribution in [0.15, 0.2) is 87.0 Å². The van der Waals surface area contributed by atoms with Crippen LogP contribution in [0.25, 0.3) is 11.0 Å². The van der Waals surface area contributed by atoms with Crippen LogP contribution in [-0.4, -0.2) is 28.9 Å². The minimum Gasteiger partial charge on any atom is -0.506 e. The first-order valence-electron chi connectivity index (χ1n) is 9.87. The van der Waals surface area contributed by atoms with Crippen LogP contribution in [0, 0.1) is 0 Å². The highest BCUT2D eigenvalue weighted by molar-refractivity contribution is 7.90. The number of anilines is 1. The van der Waals surface area contributed by atoms with Crippen molar-refractivity contribution in [2.45, 2.75) is 17.9 Å². The zero-order valence-electron chi connectivity index (χ0n) is 16.9. The van der Waals surface area contributed by atoms with Crippen LogP contribution >= 0.6 is 0 Å². The van der Waals surface area contributed by atoms with Gasteiger partial charge in [0.05, 0.1) is 17.1 Å². The third-order valence-electron chi connectivity index (χ3n) is 5.48. The molecule has 0 bridgehead atoms. The SMILES string of the molecule is C[C@H](c1ccccc1)n1c(=O)c(C2=NS(=O)(=O)c3ccccc3N2)c(O)c2cccnc21. The van der Waals surface area contributed by atoms with E-state index in [9.17, 15) is 18.3 Å². The summed E-state index contributed by atoms with van der Waals surface area (Å²) in [4.78, 5) is 18.0. The Labute approximate surface area is 183 Å². The molecule has 8 nitrogen and oxygen atoms in total. The van der Waals surface area contributed by atoms with Crippen LogP contribution in [0.4, 0.5) is 5.69 Å². The number of aromatic hydroxyl groups is 1. The molecule has 9 heteroatoms. The zero-order valence-corrected chi connectivity index (χ0v) is 17.7. The summed E-state index contributed by atoms with van der Waals surface area (Å²) in [7, 11) is -4.06. The Morgan fingerprint density at radius 1 is 1.00 bits per heavy atom. The number of fused-ring (bicyclic) bond motifs is 2. The summed E-state index contributed by atoms with van der Waals surface area (Å²) in [6.07, 6.45) is 1.53. The van der Waals surface area contributed by atoms with E-state index in [-0.39, 0.29) is 33.4 Å². The molecule has 0 saturated carbocycles. The number of rotatable bonds is 3. The van der Waals surface area contributed by atoms with E-state index in [1.54, 1.807) is 30.3 Å². The van der Waals surface area contributed by atoms with Gasteiger partial charge < -0.3 is 10.4 Å². The number of nitrogens with zero attached hydrogens (tertiary/aromatic N) is 3. The minimum absolute atomic E-state index is 0.00340. The Morgan fingerprint density at radius 2 is 1.72 bits per heavy atom. The highest BCUT2D eigenvalue weighted by Gasteiger charge is 2.30. The van der Waals surface area contributed by atoms with Crippen LogP contribution in [0.5, 0.6) is 5.75 Å². The molecule has 0 spiro atoms. The fraction of sp³-hybridized carbons (Fsp3) is 0.0870. The number of benzene rings is 2. The second-order valence-corrected chi connectivity index (χ2v) is 8.97. The second kappa shape index (κ2) is 7.31. The Kier molecular flexibility index (Phi) is 4.56. The summed E-state index contributed by atoms with van der Waals surface area (Å²) >= 11 is 0. The number of para-hydroxylation sites is 1. The number of hydrogen-bond donors (Lipinski definition) is 2. The topological polar surface area (TPSA) is 114 Å². The van der Waals surface area contributed by atoms with E-state index in [2.05, 4.69) is 14.7 Å². The first-order valence-corrected chi connectivity index (χ1v) is 11.3. The van der Waals surface area contributed by atoms with Crippen LogP contribution in [0.2, 0.25) is 0 Å². The molecular formula is C23H18N4O4S. The zero-order chi connectivity index (χ0) is 22.5. The van der Waals surface area contributed by atoms with Crippen molar-refractivity contribution in [2.24, 2.45) is 4.40 Å². The van der Waals surface area contributed by atoms with Crippen molar-refractivity contribution in [1.82, 2.24) is 9.55 Å². The lowest BCUT2D eigenvalue weighted by atomic mass is 10.1. The molecule has 0 unspecified atom stereocenters. The average molecular weight is 446 g/mol. The maximum atomic E-state index is 13.7. The molecule has 2 aromatic heterocycles. The predicted octanol–water partition coefficient (Wildman–Crippen LogP) is 3.27. The van der Waals surface area contributed by atoms with E-state index in [1.807, 2.05) is 37.3 Å². The summed E-state index contributed by atoms with van der Waals surface area (Å²) in [6.45, 7) is 1.84. The maximum absolute atomic E-state index is 13.7. The van der Waals surface area contributed by atoms with Crippen molar-refractivity contribution >= 4 is 32.6 Å². The largest absolute Gasteiger partial charge is 0.506 e. The summed E-state index contributed by atoms with van der Waals surface area (Å²) in [5, 5.41) is 14.2. The number of nitrogens with one attached hydrogen (secondary N) is 1. The van der Waals surface area contributed by atoms with E-state index in [4.69, 9.17) is 0 Å². The van der Waals surface area contributed by atoms with Gasteiger partial charge in [0.2, 0.25) is 0 Å². The number of amidine groups is 1. The number of pyridine rings is 2. The van der Waals surface area contributed by atoms with Crippen molar-refractivity contribution in [1.29, 1.82) is 0 Å². The maximum Gasteiger partial charge on any atom is 0.286 e. The molecule has 1 aliphatic rings. The molecule has 0 radical (unpaired) electrons. The van der Waals surface area contributed by atoms with Gasteiger partial charge in [-0.1, -0.05) is 42.5 Å². The Morgan fingerprint density at radius 3 is 2.50 bits per heavy atom. The minimum atomic E-state index is -4.06. The molecule has 5 rings (SSSR count). The molecule has 0 amide bonds. The number of aromatic nitrogens is 2. The molecule has 160 valence electrons. The second-order valence-electron chi connectivity index (χ2n) is 7.40. The van der Waals surface area contributed by atoms with E-state index in [1.165, 1.54) is 16.8 Å². The smallest absolute Gasteiger partial charge is 0.286 e. The van der Waals surface area contributed by atoms with Gasteiger partial charge >= 0.3 is 0 Å². The van der Waals surface area contributed by atoms with E-state index in [0.717, 1.165) is 5.56 Å². The molecule has 2 aromatic carbocycles. The number of sulfonamides is 1. The van der Waals surface area contributed by atoms with Crippen molar-refractivity contribution in [3.8, 4) is 5.75 Å². The first kappa shape index (κ1) is 20.0. The third-order valence-corrected chi connectivity index (χ3v) is 6.81. The van der Waals surface area contributed by atoms with Gasteiger partial charge in [-0.3, -0.25) is 9.36 Å². The fourth-order valence-corrected chi connectivity index (χ4v) is 5.03. The molecule has 4 aromatic rings. The summed E-state index contributed by atoms with van der Waals surface area (Å²) in [5.74, 6) is -0.610. The molecule has 1 aliphatic heterocycles. The predicted molar refractivity (Wildman–Crippen MR) is 122 cm³/mol. The van der Waals surface area contributed by atoms with Crippen LogP contribution in [-0.2, 0) is 10.0 Å². The Bertz CT molecular complexity index is 1560. The van der Waals surface area contributed by atoms with Gasteiger partial charge in [0.25, 0.3) is 15.6 Å². The van der Waals surface area contributed by atoms with Gasteiger partial charge in [0.1, 0.15) is 21.9 Å². The summed E-state index contributed by atoms with van der Waals surface area (Å²) in [6, 6.07) is 18.5. The molecular weight excluding hydrogens is 428 g/mol. The quantitative estimate of drug-likeness (QED) is 0.499. The van der Waals surface area contributed by atoms with Crippen LogP contribution in [0.3, 0.4) is 0 Å². The standard InChI is InChI=1S/C23H18N4O4S/c1-14(15-8-3-2-4-9-15)27-22-16(10-7-13-24-22)20(28)19(23(27)29)21-25-17-11-5-6-12-18(17)32(30,31)26-21/h2-14,28H,1H3,(H,25,26)/t14-/m1/s1. The van der Waals surface area contributed by atoms with Gasteiger partial charge in [0, 0.05) is 6.20 Å². The summed E-state index contributed by atoms with van der Waals surface area (Å²) in [5.41, 5.74) is 0.590. The Balaban J connectivity index is 1.81. The molecule has 0 saturated heterocycles. The normalized spacial score (nSPS) is 15.5. The molecule has 1 atom stereocenters. The number of hydrogen-bond acceptors (Lipinski definition) is 6. The van der Waals surface area contributed by atoms with Gasteiger partial charge in [0.15, 0.2) is 5.84 Å². The van der Waals surface area contributed by atoms with Crippen LogP contribution < -0.4 is 10.9 Å². The third kappa shape index (κ3) is 3.05. The molecule has 32 heavy (non-hydrogen) atoms. The lowest BCUT2D eigenvalue weighted by Crippen LogP contribution is -2.34. The Hall–Kier alpha value is -3.98. The van der Waals surface area contributed by atoms with Gasteiger partial charge in [-0.2, -0.15) is 8.42 Å². The van der Waals surface area contributed by atoms with Gasteiger partial charge in [-0.25, -0.2) is 4.98 Å². The average Bonchev–Trinajstić information content (AvgIpc) is 2.79. The highest BCUT2D eigenvalue weighted by atomic mass is 32.2.